The van der Waals surface area contributed by atoms with Crippen LogP contribution >= 0.6 is 0 Å². The molecule has 92 valence electrons. The smallest absolute Gasteiger partial charge is 0.665 e. The molecule has 0 aliphatic rings. The quantitative estimate of drug-likeness (QED) is 0.332. The zero-order valence-electron chi connectivity index (χ0n) is 9.57. The number of carboxylic acid groups (broad SMARTS) is 1. The molecular weight excluding hydrogens is 267 g/mol. The van der Waals surface area contributed by atoms with Crippen molar-refractivity contribution in [1.29, 1.82) is 0 Å². The summed E-state index contributed by atoms with van der Waals surface area (Å²) in [6, 6.07) is 9.19. The van der Waals surface area contributed by atoms with Crippen molar-refractivity contribution in [2.75, 3.05) is 0 Å². The van der Waals surface area contributed by atoms with E-state index in [9.17, 15) is 9.90 Å². The van der Waals surface area contributed by atoms with Crippen LogP contribution in [0.15, 0.2) is 36.4 Å². The Morgan fingerprint density at radius 3 is 1.83 bits per heavy atom. The molecule has 0 spiro atoms. The van der Waals surface area contributed by atoms with Crippen molar-refractivity contribution in [1.82, 2.24) is 0 Å². The third-order valence-electron chi connectivity index (χ3n) is 1.21. The number of carbonyl (C=O) groups excluding carboxylic acids is 1. The van der Waals surface area contributed by atoms with Crippen molar-refractivity contribution in [3.05, 3.63) is 42.0 Å². The van der Waals surface area contributed by atoms with Crippen molar-refractivity contribution in [3.63, 3.8) is 0 Å². The standard InChI is InChI=1S/C9H8O2.2CHO2.K/c10-9(11)7-6-8-4-2-1-3-5-8;2*2-1-3;/h1-7H,(H,10,11);2*(H,2,3);/q;2*-1;+1/p-1/b7-6+;;;. The van der Waals surface area contributed by atoms with Gasteiger partial charge in [0.25, 0.3) is 0 Å². The first-order chi connectivity index (χ1) is 8.12. The zero-order valence-corrected chi connectivity index (χ0v) is 12.7. The number of aliphatic hydroxyl groups excluding tert-OH is 2. The van der Waals surface area contributed by atoms with Crippen LogP contribution < -0.4 is 56.5 Å². The van der Waals surface area contributed by atoms with Gasteiger partial charge in [-0.05, 0) is 11.6 Å². The molecule has 0 amide bonds. The van der Waals surface area contributed by atoms with Crippen LogP contribution in [0.5, 0.6) is 0 Å². The van der Waals surface area contributed by atoms with Crippen molar-refractivity contribution < 1.29 is 81.1 Å². The Morgan fingerprint density at radius 2 is 1.50 bits per heavy atom. The van der Waals surface area contributed by atoms with Crippen LogP contribution in [0.2, 0.25) is 0 Å². The monoisotopic (exact) mass is 276 g/mol. The topological polar surface area (TPSA) is 115 Å². The Labute approximate surface area is 146 Å². The predicted octanol–water partition coefficient (Wildman–Crippen LogP) is -3.32. The fourth-order valence-corrected chi connectivity index (χ4v) is 0.728. The van der Waals surface area contributed by atoms with Crippen molar-refractivity contribution in [3.8, 4) is 0 Å². The van der Waals surface area contributed by atoms with Crippen LogP contribution in [0.3, 0.4) is 0 Å². The van der Waals surface area contributed by atoms with Gasteiger partial charge < -0.3 is 29.7 Å². The molecule has 6 nitrogen and oxygen atoms in total. The van der Waals surface area contributed by atoms with Gasteiger partial charge >= 0.3 is 51.4 Å². The van der Waals surface area contributed by atoms with E-state index in [0.29, 0.717) is 12.9 Å². The number of carbonyl (C=O) groups is 1. The summed E-state index contributed by atoms with van der Waals surface area (Å²) in [5.41, 5.74) is 0.858. The van der Waals surface area contributed by atoms with E-state index in [1.807, 2.05) is 30.3 Å². The van der Waals surface area contributed by atoms with Gasteiger partial charge in [-0.1, -0.05) is 49.4 Å². The van der Waals surface area contributed by atoms with Gasteiger partial charge in [-0.25, -0.2) is 0 Å². The number of rotatable bonds is 2. The maximum atomic E-state index is 9.97. The summed E-state index contributed by atoms with van der Waals surface area (Å²) >= 11 is 0. The van der Waals surface area contributed by atoms with E-state index in [1.54, 1.807) is 0 Å². The third kappa shape index (κ3) is 20.4. The first-order valence-corrected chi connectivity index (χ1v) is 4.09. The molecule has 1 rings (SSSR count). The van der Waals surface area contributed by atoms with E-state index in [2.05, 4.69) is 0 Å². The van der Waals surface area contributed by atoms with Crippen LogP contribution in [-0.4, -0.2) is 29.1 Å². The maximum absolute atomic E-state index is 9.97. The molecule has 0 saturated heterocycles. The third-order valence-corrected chi connectivity index (χ3v) is 1.21. The molecule has 0 bridgehead atoms. The second-order valence-corrected chi connectivity index (χ2v) is 2.25. The SMILES string of the molecule is O=C([O-])/C=C/c1ccccc1.O=[C-]O.O=[C-]O.[K+]. The van der Waals surface area contributed by atoms with Gasteiger partial charge in [0.1, 0.15) is 0 Å². The Balaban J connectivity index is -0.000000276. The molecule has 0 aliphatic heterocycles. The molecule has 0 aromatic heterocycles. The normalized spacial score (nSPS) is 7.56. The summed E-state index contributed by atoms with van der Waals surface area (Å²) in [5, 5.41) is 23.5. The summed E-state index contributed by atoms with van der Waals surface area (Å²) in [6.07, 6.45) is 2.50. The molecular formula is C11H9KO6-2. The molecule has 0 unspecified atom stereocenters. The second kappa shape index (κ2) is 18.4. The molecule has 1 aromatic rings. The number of hydrogen-bond donors (Lipinski definition) is 2. The average molecular weight is 276 g/mol. The largest absolute Gasteiger partial charge is 1.00 e. The van der Waals surface area contributed by atoms with Gasteiger partial charge in [-0.15, -0.1) is 0 Å². The number of aliphatic carboxylic acids is 1. The summed E-state index contributed by atoms with van der Waals surface area (Å²) in [6.45, 7) is 1.00. The Kier molecular flexibility index (Phi) is 22.7. The molecule has 18 heavy (non-hydrogen) atoms. The van der Waals surface area contributed by atoms with Crippen LogP contribution in [0.25, 0.3) is 6.08 Å². The molecule has 2 N–H and O–H groups in total. The van der Waals surface area contributed by atoms with Crippen molar-refractivity contribution in [2.45, 2.75) is 0 Å². The van der Waals surface area contributed by atoms with Crippen LogP contribution in [0.4, 0.5) is 0 Å². The molecule has 1 aromatic carbocycles. The molecule has 7 heteroatoms. The first kappa shape index (κ1) is 22.2. The van der Waals surface area contributed by atoms with Crippen LogP contribution in [-0.2, 0) is 14.4 Å². The summed E-state index contributed by atoms with van der Waals surface area (Å²) < 4.78 is 0. The minimum Gasteiger partial charge on any atom is -0.665 e. The average Bonchev–Trinajstić information content (AvgIpc) is 2.30. The van der Waals surface area contributed by atoms with Gasteiger partial charge in [0, 0.05) is 0 Å². The van der Waals surface area contributed by atoms with Crippen molar-refractivity contribution in [2.24, 2.45) is 0 Å². The second-order valence-electron chi connectivity index (χ2n) is 2.25. The van der Waals surface area contributed by atoms with Crippen molar-refractivity contribution >= 4 is 25.0 Å². The van der Waals surface area contributed by atoms with E-state index < -0.39 is 5.97 Å². The van der Waals surface area contributed by atoms with Gasteiger partial charge in [-0.2, -0.15) is 0 Å². The summed E-state index contributed by atoms with van der Waals surface area (Å²) in [5.74, 6) is -1.17. The molecule has 0 atom stereocenters. The molecule has 0 aliphatic carbocycles. The molecule has 0 saturated carbocycles. The van der Waals surface area contributed by atoms with E-state index in [0.717, 1.165) is 11.6 Å². The minimum atomic E-state index is -1.17. The maximum Gasteiger partial charge on any atom is 1.00 e. The Bertz CT molecular complexity index is 344. The van der Waals surface area contributed by atoms with Crippen LogP contribution in [0.1, 0.15) is 5.56 Å². The number of hydrogen-bond acceptors (Lipinski definition) is 4. The summed E-state index contributed by atoms with van der Waals surface area (Å²) in [7, 11) is 0. The fraction of sp³-hybridized carbons (Fsp3) is 0. The Hall–Kier alpha value is -0.994. The van der Waals surface area contributed by atoms with Gasteiger partial charge in [-0.3, -0.25) is 0 Å². The molecule has 0 radical (unpaired) electrons. The minimum absolute atomic E-state index is 0. The first-order valence-electron chi connectivity index (χ1n) is 4.09. The Morgan fingerprint density at radius 1 is 1.11 bits per heavy atom. The fourth-order valence-electron chi connectivity index (χ4n) is 0.728. The number of carboxylic acids is 1. The van der Waals surface area contributed by atoms with E-state index in [4.69, 9.17) is 19.8 Å². The van der Waals surface area contributed by atoms with E-state index >= 15 is 0 Å². The predicted molar refractivity (Wildman–Crippen MR) is 57.1 cm³/mol. The van der Waals surface area contributed by atoms with Gasteiger partial charge in [0.05, 0.1) is 5.97 Å². The van der Waals surface area contributed by atoms with E-state index in [1.165, 1.54) is 6.08 Å². The van der Waals surface area contributed by atoms with Gasteiger partial charge in [0.15, 0.2) is 0 Å². The zero-order chi connectivity index (χ0) is 13.5. The summed E-state index contributed by atoms with van der Waals surface area (Å²) in [4.78, 5) is 26.4. The van der Waals surface area contributed by atoms with E-state index in [-0.39, 0.29) is 51.4 Å². The number of benzene rings is 1. The van der Waals surface area contributed by atoms with Gasteiger partial charge in [0.2, 0.25) is 0 Å². The molecule has 0 fully saturated rings. The molecule has 0 heterocycles. The van der Waals surface area contributed by atoms with Crippen LogP contribution in [0, 0.1) is 0 Å².